The monoisotopic (exact) mass is 292 g/mol. The van der Waals surface area contributed by atoms with Crippen molar-refractivity contribution in [2.24, 2.45) is 0 Å². The third kappa shape index (κ3) is 3.13. The Hall–Kier alpha value is -2.57. The van der Waals surface area contributed by atoms with Gasteiger partial charge >= 0.3 is 11.9 Å². The van der Waals surface area contributed by atoms with Crippen molar-refractivity contribution in [2.45, 2.75) is 27.4 Å². The van der Waals surface area contributed by atoms with Gasteiger partial charge in [0.2, 0.25) is 0 Å². The average Bonchev–Trinajstić information content (AvgIpc) is 3.05. The van der Waals surface area contributed by atoms with E-state index in [4.69, 9.17) is 14.0 Å². The van der Waals surface area contributed by atoms with Crippen LogP contribution in [0.2, 0.25) is 0 Å². The lowest BCUT2D eigenvalue weighted by Gasteiger charge is -2.03. The first kappa shape index (κ1) is 14.8. The summed E-state index contributed by atoms with van der Waals surface area (Å²) in [4.78, 5) is 26.7. The van der Waals surface area contributed by atoms with E-state index >= 15 is 0 Å². The summed E-state index contributed by atoms with van der Waals surface area (Å²) < 4.78 is 14.9. The van der Waals surface area contributed by atoms with E-state index in [1.54, 1.807) is 26.8 Å². The summed E-state index contributed by atoms with van der Waals surface area (Å²) in [7, 11) is 0. The van der Waals surface area contributed by atoms with Gasteiger partial charge in [-0.1, -0.05) is 5.16 Å². The molecule has 0 aromatic carbocycles. The van der Waals surface area contributed by atoms with Crippen LogP contribution in [0.15, 0.2) is 16.8 Å². The molecule has 0 saturated heterocycles. The normalized spacial score (nSPS) is 10.4. The number of nitrogens with one attached hydrogen (secondary N) is 1. The highest BCUT2D eigenvalue weighted by atomic mass is 16.6. The third-order valence-corrected chi connectivity index (χ3v) is 2.96. The van der Waals surface area contributed by atoms with Crippen molar-refractivity contribution in [1.82, 2.24) is 10.1 Å². The summed E-state index contributed by atoms with van der Waals surface area (Å²) in [6.45, 7) is 5.33. The highest BCUT2D eigenvalue weighted by Gasteiger charge is 2.23. The Morgan fingerprint density at radius 2 is 2.05 bits per heavy atom. The van der Waals surface area contributed by atoms with E-state index in [1.807, 2.05) is 0 Å². The minimum Gasteiger partial charge on any atom is -0.461 e. The maximum atomic E-state index is 12.1. The zero-order valence-corrected chi connectivity index (χ0v) is 12.1. The Balaban J connectivity index is 2.15. The summed E-state index contributed by atoms with van der Waals surface area (Å²) in [5, 5.41) is 3.52. The Morgan fingerprint density at radius 1 is 1.29 bits per heavy atom. The van der Waals surface area contributed by atoms with E-state index in [1.165, 1.54) is 6.20 Å². The standard InChI is InChI=1S/C14H16N2O5/c1-4-19-14(18)12-8(2)11(9(3)16-12)13(17)20-7-10-5-6-15-21-10/h5-6,16H,4,7H2,1-3H3. The largest absolute Gasteiger partial charge is 0.461 e. The number of hydrogen-bond acceptors (Lipinski definition) is 6. The SMILES string of the molecule is CCOC(=O)c1[nH]c(C)c(C(=O)OCc2ccno2)c1C. The lowest BCUT2D eigenvalue weighted by Crippen LogP contribution is -2.09. The molecule has 0 fully saturated rings. The predicted molar refractivity (Wildman–Crippen MR) is 71.8 cm³/mol. The number of H-pyrrole nitrogens is 1. The second-order valence-corrected chi connectivity index (χ2v) is 4.40. The molecule has 7 nitrogen and oxygen atoms in total. The molecule has 0 aliphatic heterocycles. The van der Waals surface area contributed by atoms with Crippen LogP contribution >= 0.6 is 0 Å². The Kier molecular flexibility index (Phi) is 4.42. The average molecular weight is 292 g/mol. The lowest BCUT2D eigenvalue weighted by molar-refractivity contribution is 0.0436. The van der Waals surface area contributed by atoms with Crippen LogP contribution in [-0.4, -0.2) is 28.7 Å². The molecule has 21 heavy (non-hydrogen) atoms. The van der Waals surface area contributed by atoms with Crippen LogP contribution in [0, 0.1) is 13.8 Å². The van der Waals surface area contributed by atoms with Crippen LogP contribution in [0.1, 0.15) is 44.8 Å². The van der Waals surface area contributed by atoms with E-state index in [-0.39, 0.29) is 18.9 Å². The predicted octanol–water partition coefficient (Wildman–Crippen LogP) is 2.15. The molecular formula is C14H16N2O5. The van der Waals surface area contributed by atoms with Gasteiger partial charge in [-0.15, -0.1) is 0 Å². The molecule has 0 unspecified atom stereocenters. The van der Waals surface area contributed by atoms with Gasteiger partial charge in [0.25, 0.3) is 0 Å². The zero-order chi connectivity index (χ0) is 15.4. The highest BCUT2D eigenvalue weighted by Crippen LogP contribution is 2.20. The maximum Gasteiger partial charge on any atom is 0.355 e. The number of rotatable bonds is 5. The van der Waals surface area contributed by atoms with Gasteiger partial charge in [-0.3, -0.25) is 0 Å². The number of carbonyl (C=O) groups is 2. The molecule has 0 spiro atoms. The fourth-order valence-corrected chi connectivity index (χ4v) is 1.99. The van der Waals surface area contributed by atoms with Gasteiger partial charge in [0.15, 0.2) is 12.4 Å². The first-order valence-corrected chi connectivity index (χ1v) is 6.47. The van der Waals surface area contributed by atoms with E-state index in [2.05, 4.69) is 10.1 Å². The fourth-order valence-electron chi connectivity index (χ4n) is 1.99. The molecule has 2 aromatic rings. The molecule has 0 bridgehead atoms. The summed E-state index contributed by atoms with van der Waals surface area (Å²) in [5.74, 6) is -0.583. The van der Waals surface area contributed by atoms with Gasteiger partial charge < -0.3 is 19.0 Å². The summed E-state index contributed by atoms with van der Waals surface area (Å²) in [6, 6.07) is 1.61. The van der Waals surface area contributed by atoms with Crippen molar-refractivity contribution in [3.8, 4) is 0 Å². The number of hydrogen-bond donors (Lipinski definition) is 1. The van der Waals surface area contributed by atoms with Crippen LogP contribution < -0.4 is 0 Å². The fraction of sp³-hybridized carbons (Fsp3) is 0.357. The summed E-state index contributed by atoms with van der Waals surface area (Å²) in [5.41, 5.74) is 1.66. The van der Waals surface area contributed by atoms with E-state index in [9.17, 15) is 9.59 Å². The van der Waals surface area contributed by atoms with Crippen LogP contribution in [0.3, 0.4) is 0 Å². The Bertz CT molecular complexity index is 643. The lowest BCUT2D eigenvalue weighted by atomic mass is 10.1. The van der Waals surface area contributed by atoms with Crippen molar-refractivity contribution >= 4 is 11.9 Å². The molecule has 7 heteroatoms. The Morgan fingerprint density at radius 3 is 2.67 bits per heavy atom. The number of ether oxygens (including phenoxy) is 2. The molecule has 0 aliphatic carbocycles. The van der Waals surface area contributed by atoms with Gasteiger partial charge in [0, 0.05) is 11.8 Å². The third-order valence-electron chi connectivity index (χ3n) is 2.96. The van der Waals surface area contributed by atoms with Crippen LogP contribution in [0.4, 0.5) is 0 Å². The molecule has 0 amide bonds. The number of esters is 2. The Labute approximate surface area is 121 Å². The van der Waals surface area contributed by atoms with Gasteiger partial charge in [-0.2, -0.15) is 0 Å². The van der Waals surface area contributed by atoms with Gasteiger partial charge in [-0.05, 0) is 26.3 Å². The molecule has 2 aromatic heterocycles. The molecule has 0 radical (unpaired) electrons. The van der Waals surface area contributed by atoms with Crippen LogP contribution in [0.25, 0.3) is 0 Å². The molecular weight excluding hydrogens is 276 g/mol. The van der Waals surface area contributed by atoms with Crippen LogP contribution in [0.5, 0.6) is 0 Å². The summed E-state index contributed by atoms with van der Waals surface area (Å²) in [6.07, 6.45) is 1.47. The molecule has 112 valence electrons. The minimum atomic E-state index is -0.534. The number of carbonyl (C=O) groups excluding carboxylic acids is 2. The maximum absolute atomic E-state index is 12.1. The smallest absolute Gasteiger partial charge is 0.355 e. The van der Waals surface area contributed by atoms with Crippen molar-refractivity contribution in [1.29, 1.82) is 0 Å². The first-order valence-electron chi connectivity index (χ1n) is 6.47. The molecule has 0 atom stereocenters. The topological polar surface area (TPSA) is 94.4 Å². The second-order valence-electron chi connectivity index (χ2n) is 4.40. The minimum absolute atomic E-state index is 0.0162. The van der Waals surface area contributed by atoms with E-state index < -0.39 is 11.9 Å². The molecule has 2 heterocycles. The van der Waals surface area contributed by atoms with Gasteiger partial charge in [0.05, 0.1) is 18.4 Å². The first-order chi connectivity index (χ1) is 10.0. The van der Waals surface area contributed by atoms with E-state index in [0.29, 0.717) is 22.6 Å². The van der Waals surface area contributed by atoms with Crippen molar-refractivity contribution in [3.05, 3.63) is 40.5 Å². The van der Waals surface area contributed by atoms with E-state index in [0.717, 1.165) is 0 Å². The molecule has 1 N–H and O–H groups in total. The van der Waals surface area contributed by atoms with Crippen molar-refractivity contribution in [3.63, 3.8) is 0 Å². The molecule has 0 aliphatic rings. The number of aryl methyl sites for hydroxylation is 1. The number of nitrogens with zero attached hydrogens (tertiary/aromatic N) is 1. The number of aromatic nitrogens is 2. The van der Waals surface area contributed by atoms with Crippen molar-refractivity contribution < 1.29 is 23.6 Å². The van der Waals surface area contributed by atoms with Crippen molar-refractivity contribution in [2.75, 3.05) is 6.61 Å². The molecule has 0 saturated carbocycles. The van der Waals surface area contributed by atoms with Crippen LogP contribution in [-0.2, 0) is 16.1 Å². The number of aromatic amines is 1. The second kappa shape index (κ2) is 6.25. The highest BCUT2D eigenvalue weighted by molar-refractivity contribution is 5.98. The van der Waals surface area contributed by atoms with Gasteiger partial charge in [-0.25, -0.2) is 9.59 Å². The summed E-state index contributed by atoms with van der Waals surface area (Å²) >= 11 is 0. The zero-order valence-electron chi connectivity index (χ0n) is 12.1. The quantitative estimate of drug-likeness (QED) is 0.848. The molecule has 2 rings (SSSR count). The van der Waals surface area contributed by atoms with Gasteiger partial charge in [0.1, 0.15) is 5.69 Å².